The van der Waals surface area contributed by atoms with Crippen molar-refractivity contribution in [1.82, 2.24) is 4.90 Å². The van der Waals surface area contributed by atoms with Gasteiger partial charge in [0.1, 0.15) is 6.23 Å². The van der Waals surface area contributed by atoms with Crippen molar-refractivity contribution >= 4 is 27.7 Å². The molecule has 0 fully saturated rings. The Morgan fingerprint density at radius 2 is 1.76 bits per heavy atom. The average molecular weight is 298 g/mol. The molecule has 0 unspecified atom stereocenters. The minimum atomic E-state index is -0.549. The Balaban J connectivity index is 2.35. The van der Waals surface area contributed by atoms with Gasteiger partial charge >= 0.3 is 0 Å². The fraction of sp³-hybridized carbons (Fsp3) is 0.333. The highest BCUT2D eigenvalue weighted by molar-refractivity contribution is 9.09. The molecule has 5 heteroatoms. The number of imide groups is 1. The van der Waals surface area contributed by atoms with Crippen molar-refractivity contribution in [2.75, 3.05) is 11.9 Å². The van der Waals surface area contributed by atoms with Crippen LogP contribution in [0.3, 0.4) is 0 Å². The lowest BCUT2D eigenvalue weighted by molar-refractivity contribution is -0.0149. The van der Waals surface area contributed by atoms with E-state index < -0.39 is 6.23 Å². The van der Waals surface area contributed by atoms with Crippen LogP contribution < -0.4 is 0 Å². The van der Waals surface area contributed by atoms with E-state index >= 15 is 0 Å². The molecule has 1 aliphatic rings. The van der Waals surface area contributed by atoms with Gasteiger partial charge in [0.15, 0.2) is 0 Å². The summed E-state index contributed by atoms with van der Waals surface area (Å²) in [6, 6.07) is 6.81. The predicted octanol–water partition coefficient (Wildman–Crippen LogP) is 2.04. The highest BCUT2D eigenvalue weighted by atomic mass is 79.9. The molecular weight excluding hydrogens is 286 g/mol. The molecule has 1 aromatic rings. The Morgan fingerprint density at radius 3 is 2.18 bits per heavy atom. The van der Waals surface area contributed by atoms with Crippen molar-refractivity contribution < 1.29 is 14.3 Å². The lowest BCUT2D eigenvalue weighted by Crippen LogP contribution is -2.42. The van der Waals surface area contributed by atoms with E-state index in [2.05, 4.69) is 15.9 Å². The number of rotatable bonds is 4. The Morgan fingerprint density at radius 1 is 1.24 bits per heavy atom. The quantitative estimate of drug-likeness (QED) is 0.631. The largest absolute Gasteiger partial charge is 0.357 e. The number of ether oxygens (including phenoxy) is 1. The van der Waals surface area contributed by atoms with E-state index in [4.69, 9.17) is 4.74 Å². The number of alkyl halides is 1. The number of carbonyl (C=O) groups excluding carboxylic acids is 2. The summed E-state index contributed by atoms with van der Waals surface area (Å²) in [6.07, 6.45) is -0.549. The minimum absolute atomic E-state index is 0.288. The number of fused-ring (bicyclic) bond motifs is 1. The lowest BCUT2D eigenvalue weighted by atomic mass is 10.1. The van der Waals surface area contributed by atoms with Gasteiger partial charge in [-0.15, -0.1) is 0 Å². The van der Waals surface area contributed by atoms with Gasteiger partial charge in [-0.2, -0.15) is 0 Å². The SMILES string of the molecule is CCO[C@H](CBr)N1C(=O)c2ccccc2C1=O. The molecule has 1 aliphatic heterocycles. The number of hydrogen-bond acceptors (Lipinski definition) is 3. The van der Waals surface area contributed by atoms with E-state index in [1.165, 1.54) is 4.90 Å². The van der Waals surface area contributed by atoms with Crippen LogP contribution in [0.25, 0.3) is 0 Å². The van der Waals surface area contributed by atoms with E-state index in [0.717, 1.165) is 0 Å². The van der Waals surface area contributed by atoms with Crippen molar-refractivity contribution in [1.29, 1.82) is 0 Å². The second-order valence-corrected chi connectivity index (χ2v) is 4.24. The third-order valence-corrected chi connectivity index (χ3v) is 3.16. The smallest absolute Gasteiger partial charge is 0.263 e. The zero-order valence-corrected chi connectivity index (χ0v) is 10.9. The van der Waals surface area contributed by atoms with Gasteiger partial charge in [-0.3, -0.25) is 9.59 Å². The molecule has 0 aliphatic carbocycles. The molecule has 1 atom stereocenters. The molecule has 0 bridgehead atoms. The lowest BCUT2D eigenvalue weighted by Gasteiger charge is -2.23. The molecule has 2 rings (SSSR count). The van der Waals surface area contributed by atoms with Crippen molar-refractivity contribution in [3.05, 3.63) is 35.4 Å². The van der Waals surface area contributed by atoms with Crippen LogP contribution in [0.2, 0.25) is 0 Å². The van der Waals surface area contributed by atoms with Crippen LogP contribution in [0.4, 0.5) is 0 Å². The summed E-state index contributed by atoms with van der Waals surface area (Å²) in [4.78, 5) is 25.3. The molecule has 0 N–H and O–H groups in total. The van der Waals surface area contributed by atoms with Crippen molar-refractivity contribution in [3.8, 4) is 0 Å². The standard InChI is InChI=1S/C12H12BrNO3/c1-2-17-10(7-13)14-11(15)8-5-3-4-6-9(8)12(14)16/h3-6,10H,2,7H2,1H3/t10-/m1/s1. The number of hydrogen-bond donors (Lipinski definition) is 0. The third-order valence-electron chi connectivity index (χ3n) is 2.60. The summed E-state index contributed by atoms with van der Waals surface area (Å²) in [7, 11) is 0. The maximum Gasteiger partial charge on any atom is 0.263 e. The van der Waals surface area contributed by atoms with Crippen LogP contribution >= 0.6 is 15.9 Å². The molecule has 0 saturated carbocycles. The first kappa shape index (κ1) is 12.3. The molecule has 17 heavy (non-hydrogen) atoms. The number of amides is 2. The van der Waals surface area contributed by atoms with Crippen LogP contribution in [-0.2, 0) is 4.74 Å². The normalized spacial score (nSPS) is 16.2. The first-order valence-electron chi connectivity index (χ1n) is 5.35. The van der Waals surface area contributed by atoms with E-state index in [9.17, 15) is 9.59 Å². The Labute approximate surface area is 108 Å². The fourth-order valence-electron chi connectivity index (χ4n) is 1.85. The molecule has 4 nitrogen and oxygen atoms in total. The van der Waals surface area contributed by atoms with Gasteiger partial charge in [-0.25, -0.2) is 4.90 Å². The number of carbonyl (C=O) groups is 2. The molecule has 2 amide bonds. The van der Waals surface area contributed by atoms with Crippen molar-refractivity contribution in [2.45, 2.75) is 13.2 Å². The fourth-order valence-corrected chi connectivity index (χ4v) is 2.33. The topological polar surface area (TPSA) is 46.6 Å². The summed E-state index contributed by atoms with van der Waals surface area (Å²) in [5.41, 5.74) is 0.895. The highest BCUT2D eigenvalue weighted by Gasteiger charge is 2.39. The zero-order valence-electron chi connectivity index (χ0n) is 9.35. The Kier molecular flexibility index (Phi) is 3.59. The second kappa shape index (κ2) is 4.98. The number of nitrogens with zero attached hydrogens (tertiary/aromatic N) is 1. The molecule has 1 aromatic carbocycles. The van der Waals surface area contributed by atoms with Gasteiger partial charge in [0.05, 0.1) is 11.1 Å². The molecule has 0 aromatic heterocycles. The van der Waals surface area contributed by atoms with Gasteiger partial charge in [-0.1, -0.05) is 28.1 Å². The third kappa shape index (κ3) is 2.00. The second-order valence-electron chi connectivity index (χ2n) is 3.59. The molecule has 90 valence electrons. The first-order valence-corrected chi connectivity index (χ1v) is 6.47. The van der Waals surface area contributed by atoms with Crippen LogP contribution in [0.15, 0.2) is 24.3 Å². The Hall–Kier alpha value is -1.20. The summed E-state index contributed by atoms with van der Waals surface area (Å²) in [5.74, 6) is -0.577. The summed E-state index contributed by atoms with van der Waals surface area (Å²) in [5, 5.41) is 0.409. The Bertz CT molecular complexity index is 426. The van der Waals surface area contributed by atoms with Gasteiger partial charge in [-0.05, 0) is 19.1 Å². The zero-order chi connectivity index (χ0) is 12.4. The molecular formula is C12H12BrNO3. The van der Waals surface area contributed by atoms with Crippen LogP contribution in [0, 0.1) is 0 Å². The van der Waals surface area contributed by atoms with E-state index in [1.54, 1.807) is 24.3 Å². The maximum absolute atomic E-state index is 12.1. The summed E-state index contributed by atoms with van der Waals surface area (Å²) < 4.78 is 5.38. The molecule has 0 saturated heterocycles. The highest BCUT2D eigenvalue weighted by Crippen LogP contribution is 2.25. The maximum atomic E-state index is 12.1. The van der Waals surface area contributed by atoms with Gasteiger partial charge in [0, 0.05) is 11.9 Å². The number of benzene rings is 1. The van der Waals surface area contributed by atoms with Gasteiger partial charge in [0.2, 0.25) is 0 Å². The molecule has 1 heterocycles. The van der Waals surface area contributed by atoms with Crippen molar-refractivity contribution in [3.63, 3.8) is 0 Å². The van der Waals surface area contributed by atoms with Crippen LogP contribution in [-0.4, -0.2) is 34.9 Å². The van der Waals surface area contributed by atoms with E-state index in [1.807, 2.05) is 6.92 Å². The predicted molar refractivity (Wildman–Crippen MR) is 66.2 cm³/mol. The van der Waals surface area contributed by atoms with E-state index in [-0.39, 0.29) is 11.8 Å². The number of halogens is 1. The summed E-state index contributed by atoms with van der Waals surface area (Å²) in [6.45, 7) is 2.28. The average Bonchev–Trinajstić information content (AvgIpc) is 2.61. The summed E-state index contributed by atoms with van der Waals surface area (Å²) >= 11 is 3.26. The first-order chi connectivity index (χ1) is 8.20. The van der Waals surface area contributed by atoms with Crippen molar-refractivity contribution in [2.24, 2.45) is 0 Å². The molecule has 0 spiro atoms. The monoisotopic (exact) mass is 297 g/mol. The van der Waals surface area contributed by atoms with Crippen LogP contribution in [0.5, 0.6) is 0 Å². The van der Waals surface area contributed by atoms with Gasteiger partial charge < -0.3 is 4.74 Å². The minimum Gasteiger partial charge on any atom is -0.357 e. The van der Waals surface area contributed by atoms with Crippen LogP contribution in [0.1, 0.15) is 27.6 Å². The van der Waals surface area contributed by atoms with Gasteiger partial charge in [0.25, 0.3) is 11.8 Å². The van der Waals surface area contributed by atoms with E-state index in [0.29, 0.717) is 23.1 Å². The molecule has 0 radical (unpaired) electrons.